The maximum atomic E-state index is 13.0. The maximum absolute atomic E-state index is 13.0. The lowest BCUT2D eigenvalue weighted by atomic mass is 9.80. The van der Waals surface area contributed by atoms with Gasteiger partial charge in [0.05, 0.1) is 12.8 Å². The van der Waals surface area contributed by atoms with Crippen LogP contribution in [0.2, 0.25) is 0 Å². The number of nitrogens with zero attached hydrogens (tertiary/aromatic N) is 2. The average molecular weight is 332 g/mol. The zero-order chi connectivity index (χ0) is 17.0. The molecule has 2 heterocycles. The van der Waals surface area contributed by atoms with Crippen LogP contribution in [0.15, 0.2) is 34.9 Å². The third-order valence-electron chi connectivity index (χ3n) is 4.93. The molecule has 3 rings (SSSR count). The molecule has 0 spiro atoms. The molecule has 0 unspecified atom stereocenters. The first-order valence-corrected chi connectivity index (χ1v) is 8.50. The smallest absolute Gasteiger partial charge is 0.200 e. The maximum Gasteiger partial charge on any atom is 0.200 e. The molecule has 1 fully saturated rings. The van der Waals surface area contributed by atoms with Crippen molar-refractivity contribution in [2.24, 2.45) is 0 Å². The second-order valence-electron chi connectivity index (χ2n) is 6.83. The molecule has 1 saturated heterocycles. The molecule has 0 amide bonds. The zero-order valence-corrected chi connectivity index (χ0v) is 14.4. The first-order chi connectivity index (χ1) is 11.6. The van der Waals surface area contributed by atoms with Crippen LogP contribution in [0.1, 0.15) is 37.0 Å². The molecule has 0 radical (unpaired) electrons. The van der Waals surface area contributed by atoms with Crippen LogP contribution in [0.3, 0.4) is 0 Å². The number of rotatable bonds is 6. The Morgan fingerprint density at radius 1 is 1.25 bits per heavy atom. The van der Waals surface area contributed by atoms with E-state index in [1.54, 1.807) is 25.4 Å². The van der Waals surface area contributed by atoms with Crippen molar-refractivity contribution >= 4 is 0 Å². The van der Waals surface area contributed by atoms with E-state index in [0.29, 0.717) is 6.42 Å². The van der Waals surface area contributed by atoms with E-state index in [0.717, 1.165) is 56.3 Å². The molecule has 0 bridgehead atoms. The fourth-order valence-electron chi connectivity index (χ4n) is 3.18. The first kappa shape index (κ1) is 17.1. The number of benzene rings is 1. The number of oxazole rings is 1. The summed E-state index contributed by atoms with van der Waals surface area (Å²) in [6.07, 6.45) is 4.52. The monoisotopic (exact) mass is 332 g/mol. The Labute approximate surface area is 142 Å². The molecule has 1 aromatic carbocycles. The average Bonchev–Trinajstić information content (AvgIpc) is 3.06. The molecule has 1 aliphatic heterocycles. The van der Waals surface area contributed by atoms with Crippen molar-refractivity contribution in [1.29, 1.82) is 0 Å². The quantitative estimate of drug-likeness (QED) is 0.813. The van der Waals surface area contributed by atoms with Crippen molar-refractivity contribution in [2.45, 2.75) is 31.6 Å². The molecular formula is C19H25FN2O2. The van der Waals surface area contributed by atoms with Gasteiger partial charge in [-0.05, 0) is 43.6 Å². The van der Waals surface area contributed by atoms with Crippen LogP contribution in [-0.4, -0.2) is 43.2 Å². The first-order valence-electron chi connectivity index (χ1n) is 8.50. The van der Waals surface area contributed by atoms with Crippen LogP contribution in [0.5, 0.6) is 0 Å². The van der Waals surface area contributed by atoms with E-state index in [-0.39, 0.29) is 11.2 Å². The second kappa shape index (κ2) is 7.45. The van der Waals surface area contributed by atoms with Gasteiger partial charge in [-0.1, -0.05) is 19.1 Å². The van der Waals surface area contributed by atoms with Crippen LogP contribution in [-0.2, 0) is 16.6 Å². The summed E-state index contributed by atoms with van der Waals surface area (Å²) in [7, 11) is 1.74. The molecule has 4 nitrogen and oxygen atoms in total. The van der Waals surface area contributed by atoms with Gasteiger partial charge in [-0.15, -0.1) is 0 Å². The predicted octanol–water partition coefficient (Wildman–Crippen LogP) is 3.40. The standard InChI is InChI=1S/C19H25FN2O2/c1-19(7-9-22(10-8-19)11-12-23-2)18-21-14-17(24-18)13-15-3-5-16(20)6-4-15/h3-6,14H,7-13H2,1-2H3. The number of halogens is 1. The Balaban J connectivity index is 1.61. The van der Waals surface area contributed by atoms with Gasteiger partial charge in [0, 0.05) is 25.5 Å². The van der Waals surface area contributed by atoms with Crippen LogP contribution in [0.25, 0.3) is 0 Å². The van der Waals surface area contributed by atoms with Crippen molar-refractivity contribution in [3.63, 3.8) is 0 Å². The van der Waals surface area contributed by atoms with Crippen LogP contribution >= 0.6 is 0 Å². The van der Waals surface area contributed by atoms with E-state index in [1.165, 1.54) is 12.1 Å². The Morgan fingerprint density at radius 2 is 1.96 bits per heavy atom. The highest BCUT2D eigenvalue weighted by Gasteiger charge is 2.35. The number of piperidine rings is 1. The summed E-state index contributed by atoms with van der Waals surface area (Å²) >= 11 is 0. The number of likely N-dealkylation sites (tertiary alicyclic amines) is 1. The summed E-state index contributed by atoms with van der Waals surface area (Å²) in [5, 5.41) is 0. The zero-order valence-electron chi connectivity index (χ0n) is 14.4. The van der Waals surface area contributed by atoms with E-state index >= 15 is 0 Å². The van der Waals surface area contributed by atoms with E-state index in [1.807, 2.05) is 0 Å². The van der Waals surface area contributed by atoms with Crippen molar-refractivity contribution in [2.75, 3.05) is 33.4 Å². The molecule has 2 aromatic rings. The van der Waals surface area contributed by atoms with Gasteiger partial charge >= 0.3 is 0 Å². The lowest BCUT2D eigenvalue weighted by molar-refractivity contribution is 0.105. The number of hydrogen-bond acceptors (Lipinski definition) is 4. The van der Waals surface area contributed by atoms with Gasteiger partial charge in [0.1, 0.15) is 11.6 Å². The number of methoxy groups -OCH3 is 1. The van der Waals surface area contributed by atoms with Gasteiger partial charge in [-0.25, -0.2) is 9.37 Å². The van der Waals surface area contributed by atoms with Crippen LogP contribution in [0, 0.1) is 5.82 Å². The van der Waals surface area contributed by atoms with E-state index in [2.05, 4.69) is 16.8 Å². The van der Waals surface area contributed by atoms with Crippen molar-refractivity contribution in [3.05, 3.63) is 53.5 Å². The summed E-state index contributed by atoms with van der Waals surface area (Å²) in [4.78, 5) is 6.95. The summed E-state index contributed by atoms with van der Waals surface area (Å²) < 4.78 is 24.2. The molecule has 24 heavy (non-hydrogen) atoms. The third kappa shape index (κ3) is 4.02. The molecule has 0 atom stereocenters. The summed E-state index contributed by atoms with van der Waals surface area (Å²) in [5.41, 5.74) is 1.02. The Bertz CT molecular complexity index is 646. The Kier molecular flexibility index (Phi) is 5.31. The van der Waals surface area contributed by atoms with Gasteiger partial charge in [0.2, 0.25) is 0 Å². The molecule has 5 heteroatoms. The highest BCUT2D eigenvalue weighted by molar-refractivity contribution is 5.21. The Morgan fingerprint density at radius 3 is 2.62 bits per heavy atom. The number of ether oxygens (including phenoxy) is 1. The van der Waals surface area contributed by atoms with E-state index in [4.69, 9.17) is 9.15 Å². The molecule has 1 aromatic heterocycles. The van der Waals surface area contributed by atoms with Crippen molar-refractivity contribution in [3.8, 4) is 0 Å². The summed E-state index contributed by atoms with van der Waals surface area (Å²) in [6.45, 7) is 6.06. The molecule has 1 aliphatic rings. The molecule has 0 saturated carbocycles. The second-order valence-corrected chi connectivity index (χ2v) is 6.83. The summed E-state index contributed by atoms with van der Waals surface area (Å²) in [6, 6.07) is 6.52. The Hall–Kier alpha value is -1.72. The minimum absolute atomic E-state index is 0.00931. The number of aromatic nitrogens is 1. The topological polar surface area (TPSA) is 38.5 Å². The molecule has 130 valence electrons. The summed E-state index contributed by atoms with van der Waals surface area (Å²) in [5.74, 6) is 1.44. The van der Waals surface area contributed by atoms with E-state index in [9.17, 15) is 4.39 Å². The largest absolute Gasteiger partial charge is 0.445 e. The molecule has 0 N–H and O–H groups in total. The fraction of sp³-hybridized carbons (Fsp3) is 0.526. The van der Waals surface area contributed by atoms with Crippen molar-refractivity contribution < 1.29 is 13.5 Å². The predicted molar refractivity (Wildman–Crippen MR) is 90.6 cm³/mol. The SMILES string of the molecule is COCCN1CCC(C)(c2ncc(Cc3ccc(F)cc3)o2)CC1. The normalized spacial score (nSPS) is 18.0. The van der Waals surface area contributed by atoms with Crippen LogP contribution in [0.4, 0.5) is 4.39 Å². The van der Waals surface area contributed by atoms with Crippen molar-refractivity contribution in [1.82, 2.24) is 9.88 Å². The molecule has 0 aliphatic carbocycles. The van der Waals surface area contributed by atoms with Gasteiger partial charge in [0.15, 0.2) is 5.89 Å². The highest BCUT2D eigenvalue weighted by atomic mass is 19.1. The van der Waals surface area contributed by atoms with E-state index < -0.39 is 0 Å². The minimum Gasteiger partial charge on any atom is -0.445 e. The lowest BCUT2D eigenvalue weighted by Gasteiger charge is -2.37. The molecular weight excluding hydrogens is 307 g/mol. The van der Waals surface area contributed by atoms with Crippen LogP contribution < -0.4 is 0 Å². The lowest BCUT2D eigenvalue weighted by Crippen LogP contribution is -2.42. The fourth-order valence-corrected chi connectivity index (χ4v) is 3.18. The highest BCUT2D eigenvalue weighted by Crippen LogP contribution is 2.34. The third-order valence-corrected chi connectivity index (χ3v) is 4.93. The minimum atomic E-state index is -0.218. The van der Waals surface area contributed by atoms with Gasteiger partial charge in [-0.2, -0.15) is 0 Å². The van der Waals surface area contributed by atoms with Gasteiger partial charge < -0.3 is 14.1 Å². The van der Waals surface area contributed by atoms with Gasteiger partial charge in [0.25, 0.3) is 0 Å². The number of hydrogen-bond donors (Lipinski definition) is 0. The van der Waals surface area contributed by atoms with Gasteiger partial charge in [-0.3, -0.25) is 0 Å².